The molecule has 1 aliphatic rings. The van der Waals surface area contributed by atoms with Crippen molar-refractivity contribution in [2.24, 2.45) is 0 Å². The molecule has 1 saturated heterocycles. The summed E-state index contributed by atoms with van der Waals surface area (Å²) in [5, 5.41) is 2.75. The van der Waals surface area contributed by atoms with Crippen molar-refractivity contribution in [2.45, 2.75) is 4.90 Å². The smallest absolute Gasteiger partial charge is 0.255 e. The van der Waals surface area contributed by atoms with E-state index in [2.05, 4.69) is 5.32 Å². The molecule has 3 rings (SSSR count). The number of morpholine rings is 1. The largest absolute Gasteiger partial charge is 0.493 e. The molecule has 1 heterocycles. The Kier molecular flexibility index (Phi) is 7.26. The Morgan fingerprint density at radius 2 is 1.65 bits per heavy atom. The van der Waals surface area contributed by atoms with Gasteiger partial charge in [0.2, 0.25) is 15.8 Å². The number of anilines is 1. The highest BCUT2D eigenvalue weighted by molar-refractivity contribution is 7.89. The molecular weight excluding hydrogens is 448 g/mol. The van der Waals surface area contributed by atoms with Gasteiger partial charge in [0.1, 0.15) is 4.90 Å². The molecule has 0 unspecified atom stereocenters. The quantitative estimate of drug-likeness (QED) is 0.663. The highest BCUT2D eigenvalue weighted by atomic mass is 35.5. The minimum absolute atomic E-state index is 0.0378. The Hall–Kier alpha value is -2.53. The third-order valence-corrected chi connectivity index (χ3v) is 7.08. The van der Waals surface area contributed by atoms with Crippen LogP contribution in [0.3, 0.4) is 0 Å². The van der Waals surface area contributed by atoms with Gasteiger partial charge in [0.05, 0.1) is 39.6 Å². The summed E-state index contributed by atoms with van der Waals surface area (Å²) in [5.74, 6) is 0.588. The van der Waals surface area contributed by atoms with Crippen molar-refractivity contribution in [1.82, 2.24) is 4.31 Å². The fourth-order valence-corrected chi connectivity index (χ4v) is 5.03. The molecule has 0 atom stereocenters. The van der Waals surface area contributed by atoms with Crippen LogP contribution in [-0.4, -0.2) is 66.3 Å². The summed E-state index contributed by atoms with van der Waals surface area (Å²) in [7, 11) is 0.534. The standard InChI is InChI=1S/C20H23ClN2O7S/c1-27-16-11-14(12-17(28-2)19(16)29-3)22-20(24)13-4-5-15(21)18(10-13)31(25,26)23-6-8-30-9-7-23/h4-5,10-12H,6-9H2,1-3H3,(H,22,24). The molecule has 11 heteroatoms. The molecule has 0 spiro atoms. The highest BCUT2D eigenvalue weighted by Crippen LogP contribution is 2.40. The molecule has 31 heavy (non-hydrogen) atoms. The molecule has 1 aliphatic heterocycles. The third-order valence-electron chi connectivity index (χ3n) is 4.70. The predicted molar refractivity (Wildman–Crippen MR) is 115 cm³/mol. The number of methoxy groups -OCH3 is 3. The van der Waals surface area contributed by atoms with E-state index in [0.717, 1.165) is 0 Å². The molecule has 2 aromatic rings. The summed E-state index contributed by atoms with van der Waals surface area (Å²) in [6, 6.07) is 7.24. The molecule has 1 N–H and O–H groups in total. The molecule has 1 fully saturated rings. The number of hydrogen-bond acceptors (Lipinski definition) is 7. The average Bonchev–Trinajstić information content (AvgIpc) is 2.78. The minimum atomic E-state index is -3.87. The zero-order valence-corrected chi connectivity index (χ0v) is 18.9. The zero-order chi connectivity index (χ0) is 22.6. The van der Waals surface area contributed by atoms with E-state index in [1.165, 1.54) is 43.8 Å². The van der Waals surface area contributed by atoms with Gasteiger partial charge in [0.15, 0.2) is 11.5 Å². The Balaban J connectivity index is 1.90. The Morgan fingerprint density at radius 3 is 2.19 bits per heavy atom. The topological polar surface area (TPSA) is 103 Å². The SMILES string of the molecule is COc1cc(NC(=O)c2ccc(Cl)c(S(=O)(=O)N3CCOCC3)c2)cc(OC)c1OC. The Morgan fingerprint density at radius 1 is 1.03 bits per heavy atom. The van der Waals surface area contributed by atoms with E-state index in [-0.39, 0.29) is 28.6 Å². The maximum Gasteiger partial charge on any atom is 0.255 e. The lowest BCUT2D eigenvalue weighted by atomic mass is 10.2. The fraction of sp³-hybridized carbons (Fsp3) is 0.350. The number of carbonyl (C=O) groups excluding carboxylic acids is 1. The first-order chi connectivity index (χ1) is 14.8. The number of halogens is 1. The van der Waals surface area contributed by atoms with Crippen molar-refractivity contribution in [1.29, 1.82) is 0 Å². The van der Waals surface area contributed by atoms with Crippen molar-refractivity contribution < 1.29 is 32.2 Å². The van der Waals surface area contributed by atoms with Crippen molar-refractivity contribution in [2.75, 3.05) is 52.9 Å². The van der Waals surface area contributed by atoms with Crippen LogP contribution in [0.4, 0.5) is 5.69 Å². The maximum absolute atomic E-state index is 13.0. The summed E-state index contributed by atoms with van der Waals surface area (Å²) in [6.45, 7) is 1.05. The maximum atomic E-state index is 13.0. The molecule has 0 bridgehead atoms. The number of benzene rings is 2. The number of nitrogens with one attached hydrogen (secondary N) is 1. The van der Waals surface area contributed by atoms with Gasteiger partial charge in [-0.1, -0.05) is 11.6 Å². The molecule has 0 radical (unpaired) electrons. The van der Waals surface area contributed by atoms with E-state index >= 15 is 0 Å². The summed E-state index contributed by atoms with van der Waals surface area (Å²) < 4.78 is 48.3. The normalized spacial score (nSPS) is 14.7. The predicted octanol–water partition coefficient (Wildman–Crippen LogP) is 2.64. The molecule has 1 amide bonds. The second kappa shape index (κ2) is 9.73. The second-order valence-electron chi connectivity index (χ2n) is 6.53. The second-order valence-corrected chi connectivity index (χ2v) is 8.84. The zero-order valence-electron chi connectivity index (χ0n) is 17.3. The number of amides is 1. The molecule has 9 nitrogen and oxygen atoms in total. The van der Waals surface area contributed by atoms with Gasteiger partial charge in [0.25, 0.3) is 5.91 Å². The van der Waals surface area contributed by atoms with Gasteiger partial charge in [-0.15, -0.1) is 0 Å². The van der Waals surface area contributed by atoms with E-state index in [4.69, 9.17) is 30.5 Å². The van der Waals surface area contributed by atoms with Crippen LogP contribution in [0.25, 0.3) is 0 Å². The summed E-state index contributed by atoms with van der Waals surface area (Å²) in [6.07, 6.45) is 0. The summed E-state index contributed by atoms with van der Waals surface area (Å²) in [4.78, 5) is 12.7. The van der Waals surface area contributed by atoms with Crippen LogP contribution in [-0.2, 0) is 14.8 Å². The van der Waals surface area contributed by atoms with Gasteiger partial charge in [-0.2, -0.15) is 4.31 Å². The molecule has 0 saturated carbocycles. The monoisotopic (exact) mass is 470 g/mol. The van der Waals surface area contributed by atoms with Gasteiger partial charge in [-0.3, -0.25) is 4.79 Å². The van der Waals surface area contributed by atoms with Gasteiger partial charge in [-0.25, -0.2) is 8.42 Å². The third kappa shape index (κ3) is 4.87. The summed E-state index contributed by atoms with van der Waals surface area (Å²) in [5.41, 5.74) is 0.511. The van der Waals surface area contributed by atoms with Crippen LogP contribution in [0.2, 0.25) is 5.02 Å². The molecule has 2 aromatic carbocycles. The van der Waals surface area contributed by atoms with Crippen LogP contribution >= 0.6 is 11.6 Å². The van der Waals surface area contributed by atoms with Crippen LogP contribution in [0.1, 0.15) is 10.4 Å². The van der Waals surface area contributed by atoms with Crippen molar-refractivity contribution in [3.8, 4) is 17.2 Å². The van der Waals surface area contributed by atoms with Gasteiger partial charge < -0.3 is 24.3 Å². The number of hydrogen-bond donors (Lipinski definition) is 1. The summed E-state index contributed by atoms with van der Waals surface area (Å²) >= 11 is 6.16. The van der Waals surface area contributed by atoms with Crippen molar-refractivity contribution >= 4 is 33.2 Å². The Labute approximate surface area is 185 Å². The average molecular weight is 471 g/mol. The van der Waals surface area contributed by atoms with E-state index in [9.17, 15) is 13.2 Å². The fourth-order valence-electron chi connectivity index (χ4n) is 3.12. The van der Waals surface area contributed by atoms with Crippen LogP contribution < -0.4 is 19.5 Å². The number of nitrogens with zero attached hydrogens (tertiary/aromatic N) is 1. The van der Waals surface area contributed by atoms with Crippen molar-refractivity contribution in [3.05, 3.63) is 40.9 Å². The first kappa shape index (κ1) is 23.1. The van der Waals surface area contributed by atoms with E-state index in [0.29, 0.717) is 36.1 Å². The number of ether oxygens (including phenoxy) is 4. The molecule has 0 aromatic heterocycles. The lowest BCUT2D eigenvalue weighted by Crippen LogP contribution is -2.40. The number of rotatable bonds is 7. The Bertz CT molecular complexity index is 1040. The van der Waals surface area contributed by atoms with Gasteiger partial charge >= 0.3 is 0 Å². The first-order valence-electron chi connectivity index (χ1n) is 9.30. The van der Waals surface area contributed by atoms with Crippen LogP contribution in [0.5, 0.6) is 17.2 Å². The van der Waals surface area contributed by atoms with Gasteiger partial charge in [0, 0.05) is 36.5 Å². The van der Waals surface area contributed by atoms with Gasteiger partial charge in [-0.05, 0) is 18.2 Å². The first-order valence-corrected chi connectivity index (χ1v) is 11.1. The minimum Gasteiger partial charge on any atom is -0.493 e. The number of sulfonamides is 1. The van der Waals surface area contributed by atoms with Crippen LogP contribution in [0.15, 0.2) is 35.2 Å². The van der Waals surface area contributed by atoms with E-state index in [1.807, 2.05) is 0 Å². The lowest BCUT2D eigenvalue weighted by molar-refractivity contribution is 0.0730. The molecule has 0 aliphatic carbocycles. The van der Waals surface area contributed by atoms with Crippen LogP contribution in [0, 0.1) is 0 Å². The van der Waals surface area contributed by atoms with E-state index < -0.39 is 15.9 Å². The highest BCUT2D eigenvalue weighted by Gasteiger charge is 2.29. The van der Waals surface area contributed by atoms with Crippen molar-refractivity contribution in [3.63, 3.8) is 0 Å². The molecular formula is C20H23ClN2O7S. The van der Waals surface area contributed by atoms with E-state index in [1.54, 1.807) is 12.1 Å². The lowest BCUT2D eigenvalue weighted by Gasteiger charge is -2.26. The molecule has 168 valence electrons. The number of carbonyl (C=O) groups is 1.